The molecule has 242 valence electrons. The molecule has 2 aromatic carbocycles. The summed E-state index contributed by atoms with van der Waals surface area (Å²) in [6.45, 7) is 10.1. The summed E-state index contributed by atoms with van der Waals surface area (Å²) in [5.41, 5.74) is 4.09. The summed E-state index contributed by atoms with van der Waals surface area (Å²) in [5, 5.41) is 18.7. The fourth-order valence-corrected chi connectivity index (χ4v) is 8.60. The molecule has 2 saturated heterocycles. The molecule has 1 aromatic heterocycles. The second-order valence-corrected chi connectivity index (χ2v) is 14.5. The zero-order valence-electron chi connectivity index (χ0n) is 26.2. The summed E-state index contributed by atoms with van der Waals surface area (Å²) >= 11 is 3.45. The van der Waals surface area contributed by atoms with E-state index in [0.29, 0.717) is 31.1 Å². The molecule has 9 nitrogen and oxygen atoms in total. The summed E-state index contributed by atoms with van der Waals surface area (Å²) in [5.74, 6) is 0.921. The van der Waals surface area contributed by atoms with Crippen LogP contribution in [0.25, 0.3) is 5.69 Å². The number of allylic oxidation sites excluding steroid dienone is 2. The molecule has 10 heteroatoms. The SMILES string of the molecule is C=C1CCC2[C@](C)(CC[C@H]3OC(c4ccc(OCc5cn(-c6ccc(Br)cc6)nn5)cc4)OC[C@@]23C)[C@@H]1C/C=C1/C(=O)OC[C@H]1O. The van der Waals surface area contributed by atoms with Gasteiger partial charge in [-0.15, -0.1) is 5.10 Å². The third-order valence-corrected chi connectivity index (χ3v) is 11.4. The first kappa shape index (κ1) is 31.3. The molecule has 0 radical (unpaired) electrons. The number of ether oxygens (including phenoxy) is 4. The predicted molar refractivity (Wildman–Crippen MR) is 174 cm³/mol. The van der Waals surface area contributed by atoms with Gasteiger partial charge in [-0.3, -0.25) is 0 Å². The van der Waals surface area contributed by atoms with Gasteiger partial charge in [-0.1, -0.05) is 65.4 Å². The molecule has 2 saturated carbocycles. The first-order chi connectivity index (χ1) is 22.1. The third kappa shape index (κ3) is 5.74. The maximum Gasteiger partial charge on any atom is 0.336 e. The maximum absolute atomic E-state index is 12.1. The Morgan fingerprint density at radius 3 is 2.65 bits per heavy atom. The monoisotopic (exact) mass is 689 g/mol. The van der Waals surface area contributed by atoms with Crippen LogP contribution in [0.4, 0.5) is 0 Å². The highest BCUT2D eigenvalue weighted by Crippen LogP contribution is 2.64. The summed E-state index contributed by atoms with van der Waals surface area (Å²) in [6.07, 6.45) is 7.14. The largest absolute Gasteiger partial charge is 0.487 e. The number of halogens is 1. The van der Waals surface area contributed by atoms with Crippen molar-refractivity contribution in [2.24, 2.45) is 22.7 Å². The fourth-order valence-electron chi connectivity index (χ4n) is 8.33. The number of aliphatic hydroxyl groups excluding tert-OH is 1. The Kier molecular flexibility index (Phi) is 8.42. The van der Waals surface area contributed by atoms with Gasteiger partial charge in [0.25, 0.3) is 0 Å². The van der Waals surface area contributed by atoms with Crippen molar-refractivity contribution in [1.82, 2.24) is 15.0 Å². The van der Waals surface area contributed by atoms with Gasteiger partial charge in [0.2, 0.25) is 0 Å². The van der Waals surface area contributed by atoms with Gasteiger partial charge in [0.15, 0.2) is 6.29 Å². The van der Waals surface area contributed by atoms with E-state index < -0.39 is 18.4 Å². The standard InChI is InChI=1S/C36H40BrN3O6/c1-22-4-15-31-35(2,29(22)14-13-28-30(41)20-44-33(28)42)17-16-32-36(31,3)21-45-34(46-32)23-5-11-27(12-6-23)43-19-25-18-40(39-38-25)26-9-7-24(37)8-10-26/h5-13,18,29-32,34,41H,1,4,14-17,19-21H2,2-3H3/b28-13+/t29-,30-,31?,32-,34?,35-,36+/m1/s1. The van der Waals surface area contributed by atoms with Crippen molar-refractivity contribution in [2.75, 3.05) is 13.2 Å². The minimum Gasteiger partial charge on any atom is -0.487 e. The molecule has 3 aromatic rings. The Bertz CT molecular complexity index is 1640. The molecule has 2 aliphatic carbocycles. The topological polar surface area (TPSA) is 105 Å². The number of esters is 1. The van der Waals surface area contributed by atoms with Crippen molar-refractivity contribution in [1.29, 1.82) is 0 Å². The number of hydrogen-bond donors (Lipinski definition) is 1. The van der Waals surface area contributed by atoms with Crippen molar-refractivity contribution >= 4 is 21.9 Å². The van der Waals surface area contributed by atoms with Crippen LogP contribution in [0.15, 0.2) is 83.0 Å². The Morgan fingerprint density at radius 2 is 1.91 bits per heavy atom. The second kappa shape index (κ2) is 12.4. The molecule has 7 rings (SSSR count). The predicted octanol–water partition coefficient (Wildman–Crippen LogP) is 6.65. The van der Waals surface area contributed by atoms with Crippen LogP contribution in [0.2, 0.25) is 0 Å². The molecule has 7 atom stereocenters. The highest BCUT2D eigenvalue weighted by Gasteiger charge is 2.60. The average Bonchev–Trinajstić information content (AvgIpc) is 3.65. The van der Waals surface area contributed by atoms with Crippen molar-refractivity contribution in [3.63, 3.8) is 0 Å². The molecular weight excluding hydrogens is 650 g/mol. The summed E-state index contributed by atoms with van der Waals surface area (Å²) in [6, 6.07) is 15.8. The molecule has 1 N–H and O–H groups in total. The number of nitrogens with zero attached hydrogens (tertiary/aromatic N) is 3. The van der Waals surface area contributed by atoms with Crippen LogP contribution < -0.4 is 4.74 Å². The molecule has 3 heterocycles. The van der Waals surface area contributed by atoms with Gasteiger partial charge in [-0.2, -0.15) is 0 Å². The molecule has 0 amide bonds. The van der Waals surface area contributed by atoms with Crippen molar-refractivity contribution in [3.8, 4) is 11.4 Å². The number of fused-ring (bicyclic) bond motifs is 3. The Morgan fingerprint density at radius 1 is 1.13 bits per heavy atom. The summed E-state index contributed by atoms with van der Waals surface area (Å²) in [7, 11) is 0. The zero-order chi connectivity index (χ0) is 32.1. The lowest BCUT2D eigenvalue weighted by molar-refractivity contribution is -0.307. The van der Waals surface area contributed by atoms with E-state index in [1.165, 1.54) is 5.57 Å². The van der Waals surface area contributed by atoms with Gasteiger partial charge in [0.1, 0.15) is 30.8 Å². The first-order valence-electron chi connectivity index (χ1n) is 16.0. The smallest absolute Gasteiger partial charge is 0.336 e. The number of hydrogen-bond acceptors (Lipinski definition) is 8. The normalized spacial score (nSPS) is 33.4. The van der Waals surface area contributed by atoms with Crippen LogP contribution in [-0.4, -0.2) is 51.5 Å². The number of cyclic esters (lactones) is 1. The minimum atomic E-state index is -0.843. The van der Waals surface area contributed by atoms with Crippen LogP contribution in [0.1, 0.15) is 63.5 Å². The van der Waals surface area contributed by atoms with E-state index in [-0.39, 0.29) is 29.5 Å². The Labute approximate surface area is 277 Å². The van der Waals surface area contributed by atoms with E-state index in [1.54, 1.807) is 4.68 Å². The van der Waals surface area contributed by atoms with Gasteiger partial charge < -0.3 is 24.1 Å². The average molecular weight is 691 g/mol. The van der Waals surface area contributed by atoms with E-state index in [0.717, 1.165) is 52.9 Å². The summed E-state index contributed by atoms with van der Waals surface area (Å²) in [4.78, 5) is 12.1. The molecule has 46 heavy (non-hydrogen) atoms. The molecule has 0 bridgehead atoms. The third-order valence-electron chi connectivity index (χ3n) is 10.9. The van der Waals surface area contributed by atoms with E-state index in [1.807, 2.05) is 60.8 Å². The van der Waals surface area contributed by atoms with E-state index in [4.69, 9.17) is 18.9 Å². The fraction of sp³-hybridized carbons (Fsp3) is 0.472. The lowest BCUT2D eigenvalue weighted by Gasteiger charge is -2.62. The maximum atomic E-state index is 12.1. The van der Waals surface area contributed by atoms with Gasteiger partial charge in [-0.05, 0) is 85.8 Å². The van der Waals surface area contributed by atoms with Crippen LogP contribution in [0, 0.1) is 22.7 Å². The lowest BCUT2D eigenvalue weighted by Crippen LogP contribution is -2.60. The number of carbonyl (C=O) groups is 1. The number of carbonyl (C=O) groups excluding carboxylic acids is 1. The number of rotatable bonds is 7. The van der Waals surface area contributed by atoms with Gasteiger partial charge >= 0.3 is 5.97 Å². The van der Waals surface area contributed by atoms with Gasteiger partial charge in [0.05, 0.1) is 30.2 Å². The van der Waals surface area contributed by atoms with Crippen molar-refractivity contribution < 1.29 is 28.8 Å². The lowest BCUT2D eigenvalue weighted by atomic mass is 9.46. The van der Waals surface area contributed by atoms with E-state index in [2.05, 4.69) is 46.7 Å². The van der Waals surface area contributed by atoms with Gasteiger partial charge in [-0.25, -0.2) is 9.48 Å². The Hall–Kier alpha value is -3.31. The first-order valence-corrected chi connectivity index (χ1v) is 16.8. The zero-order valence-corrected chi connectivity index (χ0v) is 27.8. The summed E-state index contributed by atoms with van der Waals surface area (Å²) < 4.78 is 27.0. The minimum absolute atomic E-state index is 0.00670. The molecule has 4 fully saturated rings. The van der Waals surface area contributed by atoms with Crippen LogP contribution in [-0.2, 0) is 25.6 Å². The Balaban J connectivity index is 0.982. The van der Waals surface area contributed by atoms with Crippen molar-refractivity contribution in [3.05, 3.63) is 94.3 Å². The van der Waals surface area contributed by atoms with Crippen LogP contribution >= 0.6 is 15.9 Å². The molecular formula is C36H40BrN3O6. The highest BCUT2D eigenvalue weighted by atomic mass is 79.9. The van der Waals surface area contributed by atoms with Gasteiger partial charge in [0, 0.05) is 15.5 Å². The van der Waals surface area contributed by atoms with Crippen LogP contribution in [0.3, 0.4) is 0 Å². The molecule has 2 aliphatic heterocycles. The number of aliphatic hydroxyl groups is 1. The number of benzene rings is 2. The molecule has 0 spiro atoms. The van der Waals surface area contributed by atoms with Crippen LogP contribution in [0.5, 0.6) is 5.75 Å². The second-order valence-electron chi connectivity index (χ2n) is 13.6. The highest BCUT2D eigenvalue weighted by molar-refractivity contribution is 9.10. The molecule has 4 aliphatic rings. The number of aromatic nitrogens is 3. The van der Waals surface area contributed by atoms with E-state index in [9.17, 15) is 9.90 Å². The van der Waals surface area contributed by atoms with Crippen molar-refractivity contribution in [2.45, 2.75) is 71.1 Å². The van der Waals surface area contributed by atoms with E-state index >= 15 is 0 Å². The quantitative estimate of drug-likeness (QED) is 0.167. The molecule has 2 unspecified atom stereocenters.